The number of para-hydroxylation sites is 2. The van der Waals surface area contributed by atoms with E-state index in [1.807, 2.05) is 60.7 Å². The summed E-state index contributed by atoms with van der Waals surface area (Å²) in [6.45, 7) is 6.14. The summed E-state index contributed by atoms with van der Waals surface area (Å²) in [4.78, 5) is 22.3. The fourth-order valence-corrected chi connectivity index (χ4v) is 5.15. The minimum atomic E-state index is -0.181. The van der Waals surface area contributed by atoms with Crippen LogP contribution in [0, 0.1) is 6.92 Å². The highest BCUT2D eigenvalue weighted by atomic mass is 32.2. The molecule has 2 aliphatic rings. The zero-order valence-electron chi connectivity index (χ0n) is 19.2. The molecule has 34 heavy (non-hydrogen) atoms. The summed E-state index contributed by atoms with van der Waals surface area (Å²) in [6.07, 6.45) is 1.90. The molecular weight excluding hydrogens is 442 g/mol. The number of ether oxygens (including phenoxy) is 1. The lowest BCUT2D eigenvalue weighted by molar-refractivity contribution is -0.113. The zero-order valence-corrected chi connectivity index (χ0v) is 20.0. The van der Waals surface area contributed by atoms with Crippen molar-refractivity contribution in [3.63, 3.8) is 0 Å². The first-order valence-electron chi connectivity index (χ1n) is 11.5. The van der Waals surface area contributed by atoms with Gasteiger partial charge in [0.2, 0.25) is 0 Å². The summed E-state index contributed by atoms with van der Waals surface area (Å²) in [6, 6.07) is 26.4. The number of thioether (sulfide) groups is 1. The third-order valence-electron chi connectivity index (χ3n) is 6.06. The maximum atomic E-state index is 12.7. The fraction of sp³-hybridized carbons (Fsp3) is 0.214. The average molecular weight is 470 g/mol. The van der Waals surface area contributed by atoms with Crippen LogP contribution < -0.4 is 9.64 Å². The number of nitrogens with zero attached hydrogens (tertiary/aromatic N) is 3. The Hall–Kier alpha value is -3.51. The van der Waals surface area contributed by atoms with Crippen molar-refractivity contribution >= 4 is 34.6 Å². The molecule has 1 amide bonds. The van der Waals surface area contributed by atoms with E-state index in [4.69, 9.17) is 4.74 Å². The SMILES string of the molecule is Cc1ccccc1N1CCN(C2=NC(=O)C(=Cc3ccccc3OCc3ccccc3)S2)CC1. The van der Waals surface area contributed by atoms with Crippen molar-refractivity contribution < 1.29 is 9.53 Å². The number of carbonyl (C=O) groups excluding carboxylic acids is 1. The lowest BCUT2D eigenvalue weighted by Gasteiger charge is -2.37. The minimum Gasteiger partial charge on any atom is -0.488 e. The summed E-state index contributed by atoms with van der Waals surface area (Å²) in [5.74, 6) is 0.576. The highest BCUT2D eigenvalue weighted by Gasteiger charge is 2.29. The van der Waals surface area contributed by atoms with Crippen LogP contribution in [0.4, 0.5) is 5.69 Å². The molecule has 5 nitrogen and oxygen atoms in total. The molecular formula is C28H27N3O2S. The maximum Gasteiger partial charge on any atom is 0.286 e. The molecule has 3 aromatic rings. The highest BCUT2D eigenvalue weighted by Crippen LogP contribution is 2.33. The first-order valence-corrected chi connectivity index (χ1v) is 12.3. The molecule has 1 saturated heterocycles. The molecule has 0 radical (unpaired) electrons. The average Bonchev–Trinajstić information content (AvgIpc) is 3.24. The number of carbonyl (C=O) groups is 1. The van der Waals surface area contributed by atoms with Gasteiger partial charge in [0.15, 0.2) is 5.17 Å². The quantitative estimate of drug-likeness (QED) is 0.471. The van der Waals surface area contributed by atoms with Gasteiger partial charge in [0.1, 0.15) is 12.4 Å². The van der Waals surface area contributed by atoms with Crippen molar-refractivity contribution in [3.05, 3.63) is 100 Å². The Morgan fingerprint density at radius 1 is 0.882 bits per heavy atom. The van der Waals surface area contributed by atoms with Crippen LogP contribution in [0.1, 0.15) is 16.7 Å². The maximum absolute atomic E-state index is 12.7. The molecule has 5 rings (SSSR count). The van der Waals surface area contributed by atoms with E-state index in [0.29, 0.717) is 11.5 Å². The van der Waals surface area contributed by atoms with Gasteiger partial charge in [-0.05, 0) is 48.0 Å². The third kappa shape index (κ3) is 5.02. The Labute approximate surface area is 204 Å². The molecule has 172 valence electrons. The van der Waals surface area contributed by atoms with Crippen molar-refractivity contribution in [1.82, 2.24) is 4.90 Å². The van der Waals surface area contributed by atoms with Gasteiger partial charge in [0, 0.05) is 37.4 Å². The van der Waals surface area contributed by atoms with Crippen LogP contribution >= 0.6 is 11.8 Å². The molecule has 6 heteroatoms. The minimum absolute atomic E-state index is 0.181. The van der Waals surface area contributed by atoms with Gasteiger partial charge in [0.05, 0.1) is 4.91 Å². The smallest absolute Gasteiger partial charge is 0.286 e. The van der Waals surface area contributed by atoms with E-state index in [1.165, 1.54) is 23.0 Å². The number of piperazine rings is 1. The molecule has 0 bridgehead atoms. The number of aryl methyl sites for hydroxylation is 1. The molecule has 2 aliphatic heterocycles. The van der Waals surface area contributed by atoms with E-state index in [1.54, 1.807) is 0 Å². The Morgan fingerprint density at radius 3 is 2.35 bits per heavy atom. The summed E-state index contributed by atoms with van der Waals surface area (Å²) in [7, 11) is 0. The molecule has 2 heterocycles. The summed E-state index contributed by atoms with van der Waals surface area (Å²) in [5, 5.41) is 0.795. The monoisotopic (exact) mass is 469 g/mol. The van der Waals surface area contributed by atoms with Crippen molar-refractivity contribution in [2.45, 2.75) is 13.5 Å². The largest absolute Gasteiger partial charge is 0.488 e. The van der Waals surface area contributed by atoms with Crippen LogP contribution in [0.3, 0.4) is 0 Å². The molecule has 3 aromatic carbocycles. The second-order valence-electron chi connectivity index (χ2n) is 8.38. The van der Waals surface area contributed by atoms with Crippen molar-refractivity contribution in [3.8, 4) is 5.75 Å². The van der Waals surface area contributed by atoms with Gasteiger partial charge in [-0.1, -0.05) is 66.7 Å². The van der Waals surface area contributed by atoms with Crippen molar-refractivity contribution in [1.29, 1.82) is 0 Å². The van der Waals surface area contributed by atoms with E-state index in [0.717, 1.165) is 48.2 Å². The number of amidine groups is 1. The zero-order chi connectivity index (χ0) is 23.3. The van der Waals surface area contributed by atoms with E-state index in [-0.39, 0.29) is 5.91 Å². The van der Waals surface area contributed by atoms with E-state index >= 15 is 0 Å². The molecule has 0 saturated carbocycles. The lowest BCUT2D eigenvalue weighted by atomic mass is 10.1. The highest BCUT2D eigenvalue weighted by molar-refractivity contribution is 8.18. The van der Waals surface area contributed by atoms with Crippen molar-refractivity contribution in [2.75, 3.05) is 31.1 Å². The van der Waals surface area contributed by atoms with Crippen LogP contribution in [0.2, 0.25) is 0 Å². The number of benzene rings is 3. The van der Waals surface area contributed by atoms with Gasteiger partial charge in [-0.3, -0.25) is 4.79 Å². The van der Waals surface area contributed by atoms with Gasteiger partial charge >= 0.3 is 0 Å². The Kier molecular flexibility index (Phi) is 6.67. The van der Waals surface area contributed by atoms with Crippen LogP contribution in [-0.2, 0) is 11.4 Å². The first kappa shape index (κ1) is 22.3. The Bertz CT molecular complexity index is 1230. The van der Waals surface area contributed by atoms with Gasteiger partial charge in [-0.25, -0.2) is 0 Å². The van der Waals surface area contributed by atoms with Crippen LogP contribution in [0.15, 0.2) is 88.8 Å². The number of anilines is 1. The second-order valence-corrected chi connectivity index (χ2v) is 9.39. The van der Waals surface area contributed by atoms with Gasteiger partial charge in [0.25, 0.3) is 5.91 Å². The van der Waals surface area contributed by atoms with Gasteiger partial charge in [-0.15, -0.1) is 0 Å². The normalized spacial score (nSPS) is 17.3. The molecule has 0 N–H and O–H groups in total. The second kappa shape index (κ2) is 10.2. The molecule has 0 atom stereocenters. The number of hydrogen-bond donors (Lipinski definition) is 0. The topological polar surface area (TPSA) is 45.1 Å². The fourth-order valence-electron chi connectivity index (χ4n) is 4.20. The molecule has 1 fully saturated rings. The predicted octanol–water partition coefficient (Wildman–Crippen LogP) is 5.37. The van der Waals surface area contributed by atoms with Gasteiger partial charge < -0.3 is 14.5 Å². The third-order valence-corrected chi connectivity index (χ3v) is 7.10. The summed E-state index contributed by atoms with van der Waals surface area (Å²) in [5.41, 5.74) is 4.56. The van der Waals surface area contributed by atoms with E-state index < -0.39 is 0 Å². The van der Waals surface area contributed by atoms with Crippen LogP contribution in [0.25, 0.3) is 6.08 Å². The van der Waals surface area contributed by atoms with E-state index in [2.05, 4.69) is 46.0 Å². The Morgan fingerprint density at radius 2 is 1.56 bits per heavy atom. The van der Waals surface area contributed by atoms with Crippen LogP contribution in [-0.4, -0.2) is 42.2 Å². The molecule has 0 spiro atoms. The van der Waals surface area contributed by atoms with Crippen LogP contribution in [0.5, 0.6) is 5.75 Å². The van der Waals surface area contributed by atoms with E-state index in [9.17, 15) is 4.79 Å². The number of amides is 1. The summed E-state index contributed by atoms with van der Waals surface area (Å²) < 4.78 is 6.06. The standard InChI is InChI=1S/C28H27N3O2S/c1-21-9-5-7-13-24(21)30-15-17-31(18-16-30)28-29-27(32)26(34-28)19-23-12-6-8-14-25(23)33-20-22-10-3-2-4-11-22/h2-14,19H,15-18,20H2,1H3. The molecule has 0 aromatic heterocycles. The van der Waals surface area contributed by atoms with Gasteiger partial charge in [-0.2, -0.15) is 4.99 Å². The number of aliphatic imine (C=N–C) groups is 1. The number of hydrogen-bond acceptors (Lipinski definition) is 5. The molecule has 0 aliphatic carbocycles. The molecule has 0 unspecified atom stereocenters. The summed E-state index contributed by atoms with van der Waals surface area (Å²) >= 11 is 1.46. The predicted molar refractivity (Wildman–Crippen MR) is 140 cm³/mol. The lowest BCUT2D eigenvalue weighted by Crippen LogP contribution is -2.48. The number of rotatable bonds is 5. The Balaban J connectivity index is 1.24. The first-order chi connectivity index (χ1) is 16.7. The van der Waals surface area contributed by atoms with Crippen molar-refractivity contribution in [2.24, 2.45) is 4.99 Å².